The summed E-state index contributed by atoms with van der Waals surface area (Å²) in [5.41, 5.74) is 3.95. The molecule has 17 heavy (non-hydrogen) atoms. The first-order valence-electron chi connectivity index (χ1n) is 6.60. The maximum absolute atomic E-state index is 10.4. The Kier molecular flexibility index (Phi) is 3.85. The number of hydrogen-bond acceptors (Lipinski definition) is 2. The molecule has 0 aliphatic heterocycles. The van der Waals surface area contributed by atoms with Gasteiger partial charge in [-0.1, -0.05) is 32.0 Å². The summed E-state index contributed by atoms with van der Waals surface area (Å²) in [6.45, 7) is 4.27. The van der Waals surface area contributed by atoms with Crippen molar-refractivity contribution in [1.82, 2.24) is 5.32 Å². The molecule has 1 aliphatic carbocycles. The number of aliphatic hydroxyl groups is 1. The second-order valence-corrected chi connectivity index (χ2v) is 5.39. The summed E-state index contributed by atoms with van der Waals surface area (Å²) < 4.78 is 0. The summed E-state index contributed by atoms with van der Waals surface area (Å²) in [4.78, 5) is 0. The molecule has 0 fully saturated rings. The standard InChI is InChI=1S/C15H23NO/c1-10(2)14(16-3)15(17)13-8-7-11-5-4-6-12(11)9-13/h7-10,14-17H,4-6H2,1-3H3. The SMILES string of the molecule is CNC(C(C)C)C(O)c1ccc2c(c1)CCC2. The molecule has 1 aromatic carbocycles. The van der Waals surface area contributed by atoms with E-state index in [-0.39, 0.29) is 6.04 Å². The lowest BCUT2D eigenvalue weighted by Gasteiger charge is -2.26. The summed E-state index contributed by atoms with van der Waals surface area (Å²) >= 11 is 0. The van der Waals surface area contributed by atoms with Gasteiger partial charge in [0.15, 0.2) is 0 Å². The van der Waals surface area contributed by atoms with Crippen LogP contribution in [0.3, 0.4) is 0 Å². The first-order valence-corrected chi connectivity index (χ1v) is 6.60. The third-order valence-corrected chi connectivity index (χ3v) is 3.86. The number of aliphatic hydroxyl groups excluding tert-OH is 1. The molecular weight excluding hydrogens is 210 g/mol. The van der Waals surface area contributed by atoms with Crippen LogP contribution in [0.4, 0.5) is 0 Å². The van der Waals surface area contributed by atoms with Crippen LogP contribution in [0.2, 0.25) is 0 Å². The monoisotopic (exact) mass is 233 g/mol. The molecule has 2 nitrogen and oxygen atoms in total. The van der Waals surface area contributed by atoms with E-state index >= 15 is 0 Å². The van der Waals surface area contributed by atoms with Gasteiger partial charge >= 0.3 is 0 Å². The van der Waals surface area contributed by atoms with Gasteiger partial charge in [-0.15, -0.1) is 0 Å². The predicted molar refractivity (Wildman–Crippen MR) is 71.1 cm³/mol. The minimum atomic E-state index is -0.411. The molecule has 2 heteroatoms. The molecule has 0 amide bonds. The van der Waals surface area contributed by atoms with Gasteiger partial charge in [0, 0.05) is 6.04 Å². The molecule has 94 valence electrons. The van der Waals surface area contributed by atoms with Crippen molar-refractivity contribution in [3.63, 3.8) is 0 Å². The van der Waals surface area contributed by atoms with E-state index in [0.717, 1.165) is 5.56 Å². The molecule has 0 saturated carbocycles. The molecule has 0 heterocycles. The summed E-state index contributed by atoms with van der Waals surface area (Å²) in [5.74, 6) is 0.420. The van der Waals surface area contributed by atoms with Gasteiger partial charge in [0.05, 0.1) is 6.10 Å². The molecule has 0 spiro atoms. The van der Waals surface area contributed by atoms with Crippen molar-refractivity contribution in [2.45, 2.75) is 45.3 Å². The molecule has 1 aromatic rings. The van der Waals surface area contributed by atoms with Crippen molar-refractivity contribution in [3.05, 3.63) is 34.9 Å². The highest BCUT2D eigenvalue weighted by atomic mass is 16.3. The van der Waals surface area contributed by atoms with Gasteiger partial charge in [-0.3, -0.25) is 0 Å². The van der Waals surface area contributed by atoms with Crippen molar-refractivity contribution in [2.75, 3.05) is 7.05 Å². The molecule has 0 aromatic heterocycles. The van der Waals surface area contributed by atoms with Crippen LogP contribution < -0.4 is 5.32 Å². The maximum atomic E-state index is 10.4. The number of benzene rings is 1. The highest BCUT2D eigenvalue weighted by Crippen LogP contribution is 2.28. The first kappa shape index (κ1) is 12.6. The van der Waals surface area contributed by atoms with E-state index in [1.165, 1.54) is 30.4 Å². The molecule has 1 aliphatic rings. The topological polar surface area (TPSA) is 32.3 Å². The minimum Gasteiger partial charge on any atom is -0.387 e. The third kappa shape index (κ3) is 2.53. The quantitative estimate of drug-likeness (QED) is 0.837. The molecule has 2 unspecified atom stereocenters. The number of hydrogen-bond donors (Lipinski definition) is 2. The molecular formula is C15H23NO. The minimum absolute atomic E-state index is 0.120. The van der Waals surface area contributed by atoms with E-state index < -0.39 is 6.10 Å². The average molecular weight is 233 g/mol. The first-order chi connectivity index (χ1) is 8.13. The Labute approximate surface area is 104 Å². The fraction of sp³-hybridized carbons (Fsp3) is 0.600. The van der Waals surface area contributed by atoms with E-state index in [9.17, 15) is 5.11 Å². The fourth-order valence-electron chi connectivity index (χ4n) is 2.84. The highest BCUT2D eigenvalue weighted by molar-refractivity contribution is 5.36. The molecule has 2 atom stereocenters. The number of likely N-dealkylation sites (N-methyl/N-ethyl adjacent to an activating group) is 1. The molecule has 2 N–H and O–H groups in total. The zero-order chi connectivity index (χ0) is 12.4. The number of rotatable bonds is 4. The van der Waals surface area contributed by atoms with E-state index in [4.69, 9.17) is 0 Å². The number of nitrogens with one attached hydrogen (secondary N) is 1. The van der Waals surface area contributed by atoms with Crippen LogP contribution >= 0.6 is 0 Å². The second kappa shape index (κ2) is 5.19. The number of fused-ring (bicyclic) bond motifs is 1. The zero-order valence-corrected chi connectivity index (χ0v) is 11.0. The van der Waals surface area contributed by atoms with Gasteiger partial charge < -0.3 is 10.4 Å². The van der Waals surface area contributed by atoms with Crippen molar-refractivity contribution >= 4 is 0 Å². The maximum Gasteiger partial charge on any atom is 0.0945 e. The Balaban J connectivity index is 2.21. The summed E-state index contributed by atoms with van der Waals surface area (Å²) in [6.07, 6.45) is 3.22. The summed E-state index contributed by atoms with van der Waals surface area (Å²) in [5, 5.41) is 13.6. The van der Waals surface area contributed by atoms with Gasteiger partial charge in [-0.2, -0.15) is 0 Å². The predicted octanol–water partition coefficient (Wildman–Crippen LogP) is 2.45. The molecule has 0 saturated heterocycles. The largest absolute Gasteiger partial charge is 0.387 e. The summed E-state index contributed by atoms with van der Waals surface area (Å²) in [7, 11) is 1.92. The third-order valence-electron chi connectivity index (χ3n) is 3.86. The van der Waals surface area contributed by atoms with Gasteiger partial charge in [0.1, 0.15) is 0 Å². The van der Waals surface area contributed by atoms with Crippen LogP contribution in [-0.4, -0.2) is 18.2 Å². The van der Waals surface area contributed by atoms with Crippen LogP contribution in [0.25, 0.3) is 0 Å². The Hall–Kier alpha value is -0.860. The van der Waals surface area contributed by atoms with E-state index in [2.05, 4.69) is 37.4 Å². The van der Waals surface area contributed by atoms with Crippen molar-refractivity contribution in [3.8, 4) is 0 Å². The zero-order valence-electron chi connectivity index (χ0n) is 11.0. The van der Waals surface area contributed by atoms with Crippen LogP contribution in [0, 0.1) is 5.92 Å². The van der Waals surface area contributed by atoms with E-state index in [1.54, 1.807) is 0 Å². The van der Waals surface area contributed by atoms with E-state index in [1.807, 2.05) is 7.05 Å². The van der Waals surface area contributed by atoms with Gasteiger partial charge in [0.25, 0.3) is 0 Å². The Morgan fingerprint density at radius 2 is 1.88 bits per heavy atom. The van der Waals surface area contributed by atoms with Crippen molar-refractivity contribution in [1.29, 1.82) is 0 Å². The molecule has 0 bridgehead atoms. The van der Waals surface area contributed by atoms with Crippen LogP contribution in [0.5, 0.6) is 0 Å². The lowest BCUT2D eigenvalue weighted by molar-refractivity contribution is 0.110. The van der Waals surface area contributed by atoms with Crippen LogP contribution in [0.15, 0.2) is 18.2 Å². The van der Waals surface area contributed by atoms with Crippen LogP contribution in [0.1, 0.15) is 43.1 Å². The highest BCUT2D eigenvalue weighted by Gasteiger charge is 2.23. The normalized spacial score (nSPS) is 18.2. The lowest BCUT2D eigenvalue weighted by Crippen LogP contribution is -2.36. The van der Waals surface area contributed by atoms with Gasteiger partial charge in [0.2, 0.25) is 0 Å². The van der Waals surface area contributed by atoms with Crippen LogP contribution in [-0.2, 0) is 12.8 Å². The Morgan fingerprint density at radius 3 is 2.53 bits per heavy atom. The second-order valence-electron chi connectivity index (χ2n) is 5.39. The summed E-state index contributed by atoms with van der Waals surface area (Å²) in [6, 6.07) is 6.59. The van der Waals surface area contributed by atoms with Crippen molar-refractivity contribution in [2.24, 2.45) is 5.92 Å². The molecule has 0 radical (unpaired) electrons. The molecule has 2 rings (SSSR count). The van der Waals surface area contributed by atoms with Crippen molar-refractivity contribution < 1.29 is 5.11 Å². The Morgan fingerprint density at radius 1 is 1.18 bits per heavy atom. The lowest BCUT2D eigenvalue weighted by atomic mass is 9.92. The average Bonchev–Trinajstić information content (AvgIpc) is 2.75. The fourth-order valence-corrected chi connectivity index (χ4v) is 2.84. The van der Waals surface area contributed by atoms with Gasteiger partial charge in [-0.25, -0.2) is 0 Å². The Bertz CT molecular complexity index is 387. The van der Waals surface area contributed by atoms with Gasteiger partial charge in [-0.05, 0) is 48.9 Å². The van der Waals surface area contributed by atoms with E-state index in [0.29, 0.717) is 5.92 Å². The number of aryl methyl sites for hydroxylation is 2. The smallest absolute Gasteiger partial charge is 0.0945 e.